The minimum Gasteiger partial charge on any atom is -0.374 e. The maximum Gasteiger partial charge on any atom is 0.501 e. The highest BCUT2D eigenvalue weighted by molar-refractivity contribution is 6.61. The van der Waals surface area contributed by atoms with Crippen LogP contribution in [0, 0.1) is 0 Å². The summed E-state index contributed by atoms with van der Waals surface area (Å²) in [6.45, 7) is 10.2. The van der Waals surface area contributed by atoms with E-state index in [1.54, 1.807) is 0 Å². The van der Waals surface area contributed by atoms with Gasteiger partial charge in [-0.05, 0) is 27.2 Å². The van der Waals surface area contributed by atoms with E-state index in [2.05, 4.69) is 12.2 Å². The van der Waals surface area contributed by atoms with Crippen molar-refractivity contribution in [2.24, 2.45) is 0 Å². The van der Waals surface area contributed by atoms with Gasteiger partial charge in [-0.2, -0.15) is 0 Å². The predicted molar refractivity (Wildman–Crippen MR) is 78.0 cm³/mol. The molecule has 0 aromatic rings. The minimum atomic E-state index is -2.67. The summed E-state index contributed by atoms with van der Waals surface area (Å²) in [5, 5.41) is 2.90. The summed E-state index contributed by atoms with van der Waals surface area (Å²) in [6, 6.07) is 0.542. The van der Waals surface area contributed by atoms with Gasteiger partial charge in [0.05, 0.1) is 0 Å². The van der Waals surface area contributed by atoms with Crippen molar-refractivity contribution < 1.29 is 18.1 Å². The standard InChI is InChI=1S/C13H29NO4Si/c1-5-9-11-14-13(15)10-12-19(16-6-2,17-7-3)18-8-4/h5-12H2,1-4H3,(H,14,15). The molecule has 0 spiro atoms. The maximum absolute atomic E-state index is 11.7. The van der Waals surface area contributed by atoms with Gasteiger partial charge < -0.3 is 18.6 Å². The van der Waals surface area contributed by atoms with Crippen molar-refractivity contribution in [3.05, 3.63) is 0 Å². The molecule has 6 heteroatoms. The van der Waals surface area contributed by atoms with Crippen LogP contribution in [0.4, 0.5) is 0 Å². The first-order valence-electron chi connectivity index (χ1n) is 7.32. The fourth-order valence-electron chi connectivity index (χ4n) is 1.76. The molecule has 0 rings (SSSR count). The van der Waals surface area contributed by atoms with Crippen LogP contribution < -0.4 is 5.32 Å². The van der Waals surface area contributed by atoms with E-state index in [9.17, 15) is 4.79 Å². The van der Waals surface area contributed by atoms with Crippen LogP contribution in [0.2, 0.25) is 6.04 Å². The summed E-state index contributed by atoms with van der Waals surface area (Å²) >= 11 is 0. The molecule has 0 aliphatic rings. The molecule has 0 fully saturated rings. The Morgan fingerprint density at radius 3 is 1.95 bits per heavy atom. The van der Waals surface area contributed by atoms with Gasteiger partial charge in [0.25, 0.3) is 0 Å². The number of amides is 1. The molecule has 1 amide bonds. The number of hydrogen-bond donors (Lipinski definition) is 1. The van der Waals surface area contributed by atoms with Crippen LogP contribution in [0.3, 0.4) is 0 Å². The lowest BCUT2D eigenvalue weighted by Crippen LogP contribution is -2.46. The van der Waals surface area contributed by atoms with Gasteiger partial charge in [-0.1, -0.05) is 13.3 Å². The summed E-state index contributed by atoms with van der Waals surface area (Å²) in [7, 11) is -2.67. The van der Waals surface area contributed by atoms with Crippen LogP contribution >= 0.6 is 0 Å². The second-order valence-corrected chi connectivity index (χ2v) is 6.92. The fourth-order valence-corrected chi connectivity index (χ4v) is 4.30. The number of rotatable bonds is 12. The summed E-state index contributed by atoms with van der Waals surface area (Å²) in [5.41, 5.74) is 0. The topological polar surface area (TPSA) is 56.8 Å². The molecule has 0 bridgehead atoms. The Balaban J connectivity index is 4.25. The van der Waals surface area contributed by atoms with Crippen molar-refractivity contribution in [3.63, 3.8) is 0 Å². The molecule has 0 saturated heterocycles. The lowest BCUT2D eigenvalue weighted by molar-refractivity contribution is -0.121. The third-order valence-electron chi connectivity index (χ3n) is 2.60. The van der Waals surface area contributed by atoms with Crippen LogP contribution in [0.15, 0.2) is 0 Å². The molecule has 0 aliphatic heterocycles. The molecule has 19 heavy (non-hydrogen) atoms. The van der Waals surface area contributed by atoms with E-state index in [-0.39, 0.29) is 5.91 Å². The van der Waals surface area contributed by atoms with Gasteiger partial charge in [0.1, 0.15) is 0 Å². The molecule has 0 aromatic carbocycles. The van der Waals surface area contributed by atoms with Gasteiger partial charge in [-0.15, -0.1) is 0 Å². The average molecular weight is 291 g/mol. The predicted octanol–water partition coefficient (Wildman–Crippen LogP) is 2.34. The fraction of sp³-hybridized carbons (Fsp3) is 0.923. The zero-order valence-corrected chi connectivity index (χ0v) is 13.8. The Kier molecular flexibility index (Phi) is 11.1. The Hall–Kier alpha value is -0.433. The quantitative estimate of drug-likeness (QED) is 0.443. The smallest absolute Gasteiger partial charge is 0.374 e. The summed E-state index contributed by atoms with van der Waals surface area (Å²) in [4.78, 5) is 11.7. The summed E-state index contributed by atoms with van der Waals surface area (Å²) < 4.78 is 17.1. The van der Waals surface area contributed by atoms with E-state index >= 15 is 0 Å². The summed E-state index contributed by atoms with van der Waals surface area (Å²) in [6.07, 6.45) is 2.49. The Bertz CT molecular complexity index is 222. The molecular weight excluding hydrogens is 262 g/mol. The van der Waals surface area contributed by atoms with Gasteiger partial charge in [-0.25, -0.2) is 0 Å². The van der Waals surface area contributed by atoms with E-state index < -0.39 is 8.80 Å². The Labute approximate surface area is 118 Å². The van der Waals surface area contributed by atoms with E-state index in [0.717, 1.165) is 19.4 Å². The molecule has 0 saturated carbocycles. The van der Waals surface area contributed by atoms with Crippen molar-refractivity contribution in [3.8, 4) is 0 Å². The number of nitrogens with one attached hydrogen (secondary N) is 1. The van der Waals surface area contributed by atoms with Crippen molar-refractivity contribution in [2.75, 3.05) is 26.4 Å². The normalized spacial score (nSPS) is 11.6. The molecule has 5 nitrogen and oxygen atoms in total. The number of unbranched alkanes of at least 4 members (excludes halogenated alkanes) is 1. The van der Waals surface area contributed by atoms with E-state index in [1.165, 1.54) is 0 Å². The van der Waals surface area contributed by atoms with Crippen molar-refractivity contribution in [1.82, 2.24) is 5.32 Å². The molecule has 0 radical (unpaired) electrons. The third-order valence-corrected chi connectivity index (χ3v) is 5.65. The van der Waals surface area contributed by atoms with Gasteiger partial charge in [0.2, 0.25) is 5.91 Å². The first-order chi connectivity index (χ1) is 9.14. The van der Waals surface area contributed by atoms with Crippen LogP contribution in [0.25, 0.3) is 0 Å². The number of carbonyl (C=O) groups excluding carboxylic acids is 1. The highest BCUT2D eigenvalue weighted by Gasteiger charge is 2.40. The van der Waals surface area contributed by atoms with Crippen LogP contribution in [-0.4, -0.2) is 41.1 Å². The van der Waals surface area contributed by atoms with Crippen molar-refractivity contribution in [1.29, 1.82) is 0 Å². The van der Waals surface area contributed by atoms with Crippen molar-refractivity contribution in [2.45, 2.75) is 53.0 Å². The van der Waals surface area contributed by atoms with Crippen LogP contribution in [0.5, 0.6) is 0 Å². The highest BCUT2D eigenvalue weighted by atomic mass is 28.4. The summed E-state index contributed by atoms with van der Waals surface area (Å²) in [5.74, 6) is 0.0458. The number of hydrogen-bond acceptors (Lipinski definition) is 4. The van der Waals surface area contributed by atoms with E-state index in [0.29, 0.717) is 32.3 Å². The van der Waals surface area contributed by atoms with Gasteiger partial charge in [0, 0.05) is 38.8 Å². The first kappa shape index (κ1) is 18.6. The molecule has 0 aliphatic carbocycles. The molecule has 114 valence electrons. The first-order valence-corrected chi connectivity index (χ1v) is 9.25. The second kappa shape index (κ2) is 11.4. The number of carbonyl (C=O) groups is 1. The minimum absolute atomic E-state index is 0.0458. The van der Waals surface area contributed by atoms with Gasteiger partial charge >= 0.3 is 8.80 Å². The molecule has 0 aromatic heterocycles. The van der Waals surface area contributed by atoms with E-state index in [4.69, 9.17) is 13.3 Å². The van der Waals surface area contributed by atoms with Gasteiger partial charge in [-0.3, -0.25) is 4.79 Å². The van der Waals surface area contributed by atoms with Gasteiger partial charge in [0.15, 0.2) is 0 Å². The molecule has 0 atom stereocenters. The average Bonchev–Trinajstić information content (AvgIpc) is 2.38. The molecule has 0 unspecified atom stereocenters. The van der Waals surface area contributed by atoms with Crippen molar-refractivity contribution >= 4 is 14.7 Å². The zero-order valence-electron chi connectivity index (χ0n) is 12.8. The maximum atomic E-state index is 11.7. The SMILES string of the molecule is CCCCNC(=O)CC[Si](OCC)(OCC)OCC. The lowest BCUT2D eigenvalue weighted by Gasteiger charge is -2.28. The molecular formula is C13H29NO4Si. The molecule has 0 heterocycles. The third kappa shape index (κ3) is 8.36. The monoisotopic (exact) mass is 291 g/mol. The Morgan fingerprint density at radius 1 is 1.00 bits per heavy atom. The lowest BCUT2D eigenvalue weighted by atomic mass is 10.3. The van der Waals surface area contributed by atoms with Crippen LogP contribution in [-0.2, 0) is 18.1 Å². The second-order valence-electron chi connectivity index (χ2n) is 4.19. The zero-order chi connectivity index (χ0) is 14.6. The molecule has 1 N–H and O–H groups in total. The van der Waals surface area contributed by atoms with Crippen LogP contribution in [0.1, 0.15) is 47.0 Å². The van der Waals surface area contributed by atoms with E-state index in [1.807, 2.05) is 20.8 Å². The highest BCUT2D eigenvalue weighted by Crippen LogP contribution is 2.18. The largest absolute Gasteiger partial charge is 0.501 e. The Morgan fingerprint density at radius 2 is 1.53 bits per heavy atom.